The Morgan fingerprint density at radius 2 is 2.17 bits per heavy atom. The van der Waals surface area contributed by atoms with Crippen molar-refractivity contribution in [2.45, 2.75) is 6.04 Å². The van der Waals surface area contributed by atoms with Crippen LogP contribution in [0.25, 0.3) is 0 Å². The van der Waals surface area contributed by atoms with Gasteiger partial charge in [-0.25, -0.2) is 9.82 Å². The SMILES string of the molecule is COc1ccc(C(NN)c2ccc(Br)s2)c(F)c1. The van der Waals surface area contributed by atoms with E-state index in [-0.39, 0.29) is 11.9 Å². The lowest BCUT2D eigenvalue weighted by atomic mass is 10.1. The van der Waals surface area contributed by atoms with Crippen LogP contribution in [0, 0.1) is 5.82 Å². The summed E-state index contributed by atoms with van der Waals surface area (Å²) in [5.74, 6) is 5.67. The standard InChI is InChI=1S/C12H12BrFN2OS/c1-17-7-2-3-8(9(14)6-7)12(16-15)10-4-5-11(13)18-10/h2-6,12,16H,15H2,1H3. The molecule has 1 aromatic carbocycles. The van der Waals surface area contributed by atoms with Crippen molar-refractivity contribution in [2.24, 2.45) is 5.84 Å². The van der Waals surface area contributed by atoms with Crippen LogP contribution in [-0.4, -0.2) is 7.11 Å². The molecule has 0 fully saturated rings. The number of thiophene rings is 1. The zero-order valence-electron chi connectivity index (χ0n) is 9.61. The number of benzene rings is 1. The summed E-state index contributed by atoms with van der Waals surface area (Å²) in [5.41, 5.74) is 3.13. The van der Waals surface area contributed by atoms with Crippen LogP contribution in [0.1, 0.15) is 16.5 Å². The van der Waals surface area contributed by atoms with Crippen molar-refractivity contribution in [1.82, 2.24) is 5.43 Å². The lowest BCUT2D eigenvalue weighted by Gasteiger charge is -2.16. The first-order valence-electron chi connectivity index (χ1n) is 5.20. The summed E-state index contributed by atoms with van der Waals surface area (Å²) in [6, 6.07) is 8.18. The summed E-state index contributed by atoms with van der Waals surface area (Å²) in [4.78, 5) is 0.938. The van der Waals surface area contributed by atoms with Gasteiger partial charge in [0.15, 0.2) is 0 Å². The number of methoxy groups -OCH3 is 1. The van der Waals surface area contributed by atoms with Crippen molar-refractivity contribution in [3.8, 4) is 5.75 Å². The molecule has 0 aliphatic carbocycles. The predicted molar refractivity (Wildman–Crippen MR) is 74.1 cm³/mol. The van der Waals surface area contributed by atoms with E-state index in [1.165, 1.54) is 24.5 Å². The van der Waals surface area contributed by atoms with Gasteiger partial charge in [-0.15, -0.1) is 11.3 Å². The van der Waals surface area contributed by atoms with Gasteiger partial charge in [-0.3, -0.25) is 5.84 Å². The Morgan fingerprint density at radius 1 is 1.39 bits per heavy atom. The molecule has 0 saturated heterocycles. The predicted octanol–water partition coefficient (Wildman–Crippen LogP) is 3.21. The average molecular weight is 331 g/mol. The quantitative estimate of drug-likeness (QED) is 0.668. The molecule has 2 aromatic rings. The van der Waals surface area contributed by atoms with Gasteiger partial charge in [-0.1, -0.05) is 6.07 Å². The molecular formula is C12H12BrFN2OS. The lowest BCUT2D eigenvalue weighted by Crippen LogP contribution is -2.28. The number of hydrogen-bond acceptors (Lipinski definition) is 4. The molecular weight excluding hydrogens is 319 g/mol. The van der Waals surface area contributed by atoms with E-state index < -0.39 is 0 Å². The van der Waals surface area contributed by atoms with Crippen LogP contribution in [0.4, 0.5) is 4.39 Å². The maximum atomic E-state index is 14.0. The Morgan fingerprint density at radius 3 is 2.67 bits per heavy atom. The number of rotatable bonds is 4. The molecule has 18 heavy (non-hydrogen) atoms. The van der Waals surface area contributed by atoms with E-state index >= 15 is 0 Å². The fourth-order valence-corrected chi connectivity index (χ4v) is 3.18. The first-order chi connectivity index (χ1) is 8.65. The number of halogens is 2. The fraction of sp³-hybridized carbons (Fsp3) is 0.167. The number of hydrazine groups is 1. The Hall–Kier alpha value is -0.950. The lowest BCUT2D eigenvalue weighted by molar-refractivity contribution is 0.410. The highest BCUT2D eigenvalue weighted by atomic mass is 79.9. The third-order valence-corrected chi connectivity index (χ3v) is 4.25. The normalized spacial score (nSPS) is 12.4. The second-order valence-corrected chi connectivity index (χ2v) is 6.12. The topological polar surface area (TPSA) is 47.3 Å². The number of nitrogens with two attached hydrogens (primary N) is 1. The maximum Gasteiger partial charge on any atom is 0.132 e. The minimum absolute atomic E-state index is 0.346. The molecule has 3 N–H and O–H groups in total. The third kappa shape index (κ3) is 2.72. The van der Waals surface area contributed by atoms with Crippen molar-refractivity contribution in [3.63, 3.8) is 0 Å². The van der Waals surface area contributed by atoms with Crippen LogP contribution in [0.5, 0.6) is 5.75 Å². The maximum absolute atomic E-state index is 14.0. The molecule has 0 saturated carbocycles. The first kappa shape index (κ1) is 13.5. The highest BCUT2D eigenvalue weighted by Crippen LogP contribution is 2.32. The Balaban J connectivity index is 2.39. The summed E-state index contributed by atoms with van der Waals surface area (Å²) >= 11 is 4.89. The summed E-state index contributed by atoms with van der Waals surface area (Å²) in [5, 5.41) is 0. The van der Waals surface area contributed by atoms with E-state index in [1.807, 2.05) is 12.1 Å². The molecule has 0 spiro atoms. The Kier molecular flexibility index (Phi) is 4.34. The zero-order valence-corrected chi connectivity index (χ0v) is 12.0. The molecule has 1 aromatic heterocycles. The highest BCUT2D eigenvalue weighted by Gasteiger charge is 2.18. The van der Waals surface area contributed by atoms with Crippen molar-refractivity contribution in [1.29, 1.82) is 0 Å². The minimum atomic E-state index is -0.368. The average Bonchev–Trinajstić information content (AvgIpc) is 2.78. The van der Waals surface area contributed by atoms with Crippen LogP contribution in [0.3, 0.4) is 0 Å². The van der Waals surface area contributed by atoms with Crippen LogP contribution >= 0.6 is 27.3 Å². The smallest absolute Gasteiger partial charge is 0.132 e. The van der Waals surface area contributed by atoms with Gasteiger partial charge in [0.1, 0.15) is 11.6 Å². The largest absolute Gasteiger partial charge is 0.497 e. The zero-order chi connectivity index (χ0) is 13.1. The van der Waals surface area contributed by atoms with Crippen LogP contribution in [-0.2, 0) is 0 Å². The van der Waals surface area contributed by atoms with Crippen LogP contribution in [0.2, 0.25) is 0 Å². The van der Waals surface area contributed by atoms with E-state index in [2.05, 4.69) is 21.4 Å². The van der Waals surface area contributed by atoms with Gasteiger partial charge in [0.25, 0.3) is 0 Å². The van der Waals surface area contributed by atoms with Crippen molar-refractivity contribution in [2.75, 3.05) is 7.11 Å². The summed E-state index contributed by atoms with van der Waals surface area (Å²) < 4.78 is 19.9. The van der Waals surface area contributed by atoms with E-state index in [4.69, 9.17) is 10.6 Å². The molecule has 2 rings (SSSR count). The van der Waals surface area contributed by atoms with E-state index in [0.29, 0.717) is 11.3 Å². The molecule has 0 bridgehead atoms. The van der Waals surface area contributed by atoms with Gasteiger partial charge < -0.3 is 4.74 Å². The number of hydrogen-bond donors (Lipinski definition) is 2. The second kappa shape index (κ2) is 5.79. The molecule has 0 radical (unpaired) electrons. The molecule has 6 heteroatoms. The second-order valence-electron chi connectivity index (χ2n) is 3.63. The molecule has 1 unspecified atom stereocenters. The van der Waals surface area contributed by atoms with Gasteiger partial charge >= 0.3 is 0 Å². The molecule has 1 atom stereocenters. The number of nitrogens with one attached hydrogen (secondary N) is 1. The fourth-order valence-electron chi connectivity index (χ4n) is 1.68. The van der Waals surface area contributed by atoms with Crippen molar-refractivity contribution < 1.29 is 9.13 Å². The summed E-state index contributed by atoms with van der Waals surface area (Å²) in [7, 11) is 1.50. The Bertz CT molecular complexity index is 547. The third-order valence-electron chi connectivity index (χ3n) is 2.56. The highest BCUT2D eigenvalue weighted by molar-refractivity contribution is 9.11. The summed E-state index contributed by atoms with van der Waals surface area (Å²) in [6.45, 7) is 0. The van der Waals surface area contributed by atoms with E-state index in [0.717, 1.165) is 8.66 Å². The van der Waals surface area contributed by atoms with Gasteiger partial charge in [0.05, 0.1) is 16.9 Å². The van der Waals surface area contributed by atoms with Crippen LogP contribution < -0.4 is 16.0 Å². The van der Waals surface area contributed by atoms with E-state index in [9.17, 15) is 4.39 Å². The molecule has 0 amide bonds. The van der Waals surface area contributed by atoms with E-state index in [1.54, 1.807) is 12.1 Å². The van der Waals surface area contributed by atoms with Crippen LogP contribution in [0.15, 0.2) is 34.1 Å². The van der Waals surface area contributed by atoms with Crippen molar-refractivity contribution in [3.05, 3.63) is 50.4 Å². The number of ether oxygens (including phenoxy) is 1. The molecule has 0 aliphatic heterocycles. The van der Waals surface area contributed by atoms with Gasteiger partial charge in [0, 0.05) is 16.5 Å². The van der Waals surface area contributed by atoms with Gasteiger partial charge in [-0.2, -0.15) is 0 Å². The van der Waals surface area contributed by atoms with Gasteiger partial charge in [-0.05, 0) is 34.1 Å². The molecule has 3 nitrogen and oxygen atoms in total. The minimum Gasteiger partial charge on any atom is -0.497 e. The summed E-state index contributed by atoms with van der Waals surface area (Å²) in [6.07, 6.45) is 0. The molecule has 1 heterocycles. The molecule has 0 aliphatic rings. The first-order valence-corrected chi connectivity index (χ1v) is 6.81. The van der Waals surface area contributed by atoms with Crippen molar-refractivity contribution >= 4 is 27.3 Å². The van der Waals surface area contributed by atoms with Gasteiger partial charge in [0.2, 0.25) is 0 Å². The molecule has 96 valence electrons. The monoisotopic (exact) mass is 330 g/mol. The Labute approximate surface area is 117 Å².